The highest BCUT2D eigenvalue weighted by Crippen LogP contribution is 2.41. The number of rotatable bonds is 6. The molecule has 0 atom stereocenters. The Labute approximate surface area is 223 Å². The number of methoxy groups -OCH3 is 1. The van der Waals surface area contributed by atoms with Crippen molar-refractivity contribution in [2.24, 2.45) is 0 Å². The summed E-state index contributed by atoms with van der Waals surface area (Å²) < 4.78 is 7.43. The van der Waals surface area contributed by atoms with Crippen LogP contribution >= 0.6 is 0 Å². The molecule has 2 aromatic carbocycles. The topological polar surface area (TPSA) is 142 Å². The van der Waals surface area contributed by atoms with Crippen molar-refractivity contribution in [3.8, 4) is 23.1 Å². The maximum atomic E-state index is 12.5. The predicted octanol–water partition coefficient (Wildman–Crippen LogP) is 4.21. The molecular formula is C27H24N8O4. The molecule has 0 spiro atoms. The molecule has 4 heterocycles. The highest BCUT2D eigenvalue weighted by atomic mass is 16.6. The number of nitrogens with one attached hydrogen (secondary N) is 1. The van der Waals surface area contributed by atoms with Gasteiger partial charge in [-0.15, -0.1) is 0 Å². The number of nitriles is 1. The number of aromatic nitrogens is 3. The fraction of sp³-hybridized carbons (Fsp3) is 0.259. The zero-order chi connectivity index (χ0) is 27.3. The minimum atomic E-state index is -0.407. The molecule has 12 heteroatoms. The molecule has 2 aromatic heterocycles. The number of likely N-dealkylation sites (N-methyl/N-ethyl adjacent to an activating group) is 1. The summed E-state index contributed by atoms with van der Waals surface area (Å²) in [6.07, 6.45) is 5.18. The van der Waals surface area contributed by atoms with Crippen molar-refractivity contribution >= 4 is 45.5 Å². The lowest BCUT2D eigenvalue weighted by Gasteiger charge is -2.24. The predicted molar refractivity (Wildman–Crippen MR) is 145 cm³/mol. The number of ether oxygens (including phenoxy) is 1. The van der Waals surface area contributed by atoms with Gasteiger partial charge in [-0.25, -0.2) is 9.97 Å². The first kappa shape index (κ1) is 24.2. The van der Waals surface area contributed by atoms with Gasteiger partial charge in [-0.3, -0.25) is 14.9 Å². The van der Waals surface area contributed by atoms with Gasteiger partial charge in [0.25, 0.3) is 5.69 Å². The number of anilines is 4. The minimum absolute atomic E-state index is 0.0446. The molecule has 0 radical (unpaired) electrons. The second kappa shape index (κ2) is 9.29. The molecule has 1 N–H and O–H groups in total. The Hall–Kier alpha value is -5.18. The van der Waals surface area contributed by atoms with Crippen LogP contribution in [0.25, 0.3) is 22.2 Å². The summed E-state index contributed by atoms with van der Waals surface area (Å²) >= 11 is 0. The van der Waals surface area contributed by atoms with E-state index in [1.807, 2.05) is 33.9 Å². The fourth-order valence-electron chi connectivity index (χ4n) is 5.34. The fourth-order valence-corrected chi connectivity index (χ4v) is 5.34. The molecule has 1 amide bonds. The summed E-state index contributed by atoms with van der Waals surface area (Å²) in [5.41, 5.74) is 3.77. The van der Waals surface area contributed by atoms with E-state index >= 15 is 0 Å². The first-order valence-corrected chi connectivity index (χ1v) is 12.4. The molecule has 0 saturated carbocycles. The Balaban J connectivity index is 1.45. The van der Waals surface area contributed by atoms with Gasteiger partial charge in [0.2, 0.25) is 11.9 Å². The Morgan fingerprint density at radius 1 is 1.21 bits per heavy atom. The monoisotopic (exact) mass is 524 g/mol. The molecule has 0 unspecified atom stereocenters. The standard InChI is InChI=1S/C27H24N8O4/c1-32-20-7-5-6-17-18(14-34(26(17)20)15-24(32)36)25-16(12-28)13-29-27(31-25)30-19-10-22(35(37)38)21(11-23(19)39-2)33-8-3-4-9-33/h5-7,10-11,13-14H,3-4,8-9,15H2,1-2H3,(H,29,30,31). The highest BCUT2D eigenvalue weighted by Gasteiger charge is 2.28. The summed E-state index contributed by atoms with van der Waals surface area (Å²) in [5.74, 6) is 0.505. The zero-order valence-corrected chi connectivity index (χ0v) is 21.3. The van der Waals surface area contributed by atoms with E-state index in [1.165, 1.54) is 19.4 Å². The number of hydrogen-bond acceptors (Lipinski definition) is 9. The second-order valence-corrected chi connectivity index (χ2v) is 9.48. The van der Waals surface area contributed by atoms with E-state index < -0.39 is 4.92 Å². The van der Waals surface area contributed by atoms with Crippen LogP contribution < -0.4 is 19.9 Å². The van der Waals surface area contributed by atoms with Crippen molar-refractivity contribution in [2.75, 3.05) is 42.4 Å². The van der Waals surface area contributed by atoms with Gasteiger partial charge < -0.3 is 24.4 Å². The van der Waals surface area contributed by atoms with Crippen LogP contribution in [0.2, 0.25) is 0 Å². The summed E-state index contributed by atoms with van der Waals surface area (Å²) in [4.78, 5) is 36.6. The van der Waals surface area contributed by atoms with Gasteiger partial charge >= 0.3 is 0 Å². The average molecular weight is 525 g/mol. The number of para-hydroxylation sites is 1. The molecule has 1 fully saturated rings. The normalized spacial score (nSPS) is 14.5. The number of benzene rings is 2. The van der Waals surface area contributed by atoms with Crippen molar-refractivity contribution in [1.29, 1.82) is 5.26 Å². The van der Waals surface area contributed by atoms with E-state index in [4.69, 9.17) is 4.74 Å². The average Bonchev–Trinajstić information content (AvgIpc) is 3.61. The molecule has 0 aliphatic carbocycles. The number of carbonyl (C=O) groups excluding carboxylic acids is 1. The molecule has 1 saturated heterocycles. The first-order valence-electron chi connectivity index (χ1n) is 12.4. The Morgan fingerprint density at radius 2 is 2.00 bits per heavy atom. The largest absolute Gasteiger partial charge is 0.494 e. The summed E-state index contributed by atoms with van der Waals surface area (Å²) in [7, 11) is 3.24. The zero-order valence-electron chi connectivity index (χ0n) is 21.3. The van der Waals surface area contributed by atoms with Gasteiger partial charge in [-0.05, 0) is 18.9 Å². The maximum Gasteiger partial charge on any atom is 0.294 e. The third kappa shape index (κ3) is 3.95. The highest BCUT2D eigenvalue weighted by molar-refractivity contribution is 6.10. The molecule has 2 aliphatic heterocycles. The van der Waals surface area contributed by atoms with Crippen LogP contribution in [0, 0.1) is 21.4 Å². The number of nitrogens with zero attached hydrogens (tertiary/aromatic N) is 7. The Bertz CT molecular complexity index is 1700. The van der Waals surface area contributed by atoms with Gasteiger partial charge in [0.15, 0.2) is 0 Å². The van der Waals surface area contributed by atoms with E-state index in [2.05, 4.69) is 21.4 Å². The van der Waals surface area contributed by atoms with E-state index in [0.29, 0.717) is 28.4 Å². The van der Waals surface area contributed by atoms with Crippen LogP contribution in [0.5, 0.6) is 5.75 Å². The van der Waals surface area contributed by atoms with Crippen LogP contribution in [0.1, 0.15) is 18.4 Å². The van der Waals surface area contributed by atoms with Gasteiger partial charge in [0, 0.05) is 49.4 Å². The van der Waals surface area contributed by atoms with Crippen molar-refractivity contribution in [3.63, 3.8) is 0 Å². The van der Waals surface area contributed by atoms with Crippen molar-refractivity contribution in [3.05, 3.63) is 58.4 Å². The van der Waals surface area contributed by atoms with E-state index in [1.54, 1.807) is 18.0 Å². The number of carbonyl (C=O) groups is 1. The van der Waals surface area contributed by atoms with E-state index in [-0.39, 0.29) is 29.7 Å². The third-order valence-corrected chi connectivity index (χ3v) is 7.27. The molecule has 12 nitrogen and oxygen atoms in total. The van der Waals surface area contributed by atoms with Gasteiger partial charge in [0.05, 0.1) is 46.4 Å². The van der Waals surface area contributed by atoms with E-state index in [9.17, 15) is 20.2 Å². The van der Waals surface area contributed by atoms with Crippen LogP contribution in [0.15, 0.2) is 42.7 Å². The summed E-state index contributed by atoms with van der Waals surface area (Å²) in [5, 5.41) is 25.7. The molecule has 0 bridgehead atoms. The number of nitro benzene ring substituents is 1. The molecule has 196 valence electrons. The van der Waals surface area contributed by atoms with Crippen LogP contribution in [-0.2, 0) is 11.3 Å². The van der Waals surface area contributed by atoms with Gasteiger partial charge in [-0.1, -0.05) is 12.1 Å². The maximum absolute atomic E-state index is 12.5. The van der Waals surface area contributed by atoms with Crippen molar-refractivity contribution in [2.45, 2.75) is 19.4 Å². The Morgan fingerprint density at radius 3 is 2.72 bits per heavy atom. The van der Waals surface area contributed by atoms with Gasteiger partial charge in [-0.2, -0.15) is 5.26 Å². The molecule has 39 heavy (non-hydrogen) atoms. The van der Waals surface area contributed by atoms with Crippen LogP contribution in [-0.4, -0.2) is 52.6 Å². The van der Waals surface area contributed by atoms with Crippen LogP contribution in [0.4, 0.5) is 28.7 Å². The molecule has 2 aliphatic rings. The SMILES string of the molecule is COc1cc(N2CCCC2)c([N+](=O)[O-])cc1Nc1ncc(C#N)c(-c2cn3c4c(cccc24)N(C)C(=O)C3)n1. The minimum Gasteiger partial charge on any atom is -0.494 e. The lowest BCUT2D eigenvalue weighted by molar-refractivity contribution is -0.384. The molecular weight excluding hydrogens is 500 g/mol. The first-order chi connectivity index (χ1) is 18.9. The third-order valence-electron chi connectivity index (χ3n) is 7.27. The lowest BCUT2D eigenvalue weighted by atomic mass is 10.1. The summed E-state index contributed by atoms with van der Waals surface area (Å²) in [6, 6.07) is 10.9. The molecule has 6 rings (SSSR count). The number of amides is 1. The Kier molecular flexibility index (Phi) is 5.76. The van der Waals surface area contributed by atoms with Crippen molar-refractivity contribution in [1.82, 2.24) is 14.5 Å². The number of hydrogen-bond donors (Lipinski definition) is 1. The molecule has 4 aromatic rings. The van der Waals surface area contributed by atoms with Crippen LogP contribution in [0.3, 0.4) is 0 Å². The quantitative estimate of drug-likeness (QED) is 0.290. The number of nitro groups is 1. The van der Waals surface area contributed by atoms with Gasteiger partial charge in [0.1, 0.15) is 24.1 Å². The summed E-state index contributed by atoms with van der Waals surface area (Å²) in [6.45, 7) is 1.66. The lowest BCUT2D eigenvalue weighted by Crippen LogP contribution is -2.33. The van der Waals surface area contributed by atoms with Crippen molar-refractivity contribution < 1.29 is 14.5 Å². The van der Waals surface area contributed by atoms with E-state index in [0.717, 1.165) is 42.5 Å². The smallest absolute Gasteiger partial charge is 0.294 e. The second-order valence-electron chi connectivity index (χ2n) is 9.48.